The molecule has 2 aliphatic heterocycles. The van der Waals surface area contributed by atoms with Crippen molar-refractivity contribution in [3.05, 3.63) is 108 Å². The number of carbonyl (C=O) groups excluding carboxylic acids is 5. The predicted octanol–water partition coefficient (Wildman–Crippen LogP) is 3.63. The summed E-state index contributed by atoms with van der Waals surface area (Å²) < 4.78 is 5.69. The Kier molecular flexibility index (Phi) is 12.8. The summed E-state index contributed by atoms with van der Waals surface area (Å²) in [5, 5.41) is 4.01. The number of fused-ring (bicyclic) bond motifs is 1. The fourth-order valence-electron chi connectivity index (χ4n) is 6.44. The van der Waals surface area contributed by atoms with E-state index < -0.39 is 48.2 Å². The molecule has 5 amide bonds. The number of rotatable bonds is 15. The summed E-state index contributed by atoms with van der Waals surface area (Å²) in [6, 6.07) is 26.1. The highest BCUT2D eigenvalue weighted by atomic mass is 16.7. The molecule has 3 aromatic rings. The lowest BCUT2D eigenvalue weighted by molar-refractivity contribution is -0.268. The van der Waals surface area contributed by atoms with Crippen molar-refractivity contribution in [1.29, 1.82) is 0 Å². The van der Waals surface area contributed by atoms with E-state index >= 15 is 0 Å². The van der Waals surface area contributed by atoms with Gasteiger partial charge in [-0.25, -0.2) is 4.79 Å². The summed E-state index contributed by atoms with van der Waals surface area (Å²) in [6.45, 7) is 4.38. The van der Waals surface area contributed by atoms with Crippen molar-refractivity contribution in [2.24, 2.45) is 11.7 Å². The maximum Gasteiger partial charge on any atom is 0.436 e. The molecule has 2 heterocycles. The number of ether oxygens (including phenoxy) is 1. The molecule has 2 saturated heterocycles. The van der Waals surface area contributed by atoms with Gasteiger partial charge in [0.1, 0.15) is 12.1 Å². The van der Waals surface area contributed by atoms with Gasteiger partial charge in [0.2, 0.25) is 17.7 Å². The highest BCUT2D eigenvalue weighted by Gasteiger charge is 2.55. The summed E-state index contributed by atoms with van der Waals surface area (Å²) in [7, 11) is 0. The Labute approximate surface area is 298 Å². The number of hydroxylamine groups is 2. The van der Waals surface area contributed by atoms with Crippen molar-refractivity contribution in [1.82, 2.24) is 20.2 Å². The SMILES string of the molecule is CC(C)CCNC(=O)[C@H](Cc1ccccc1)N1CC2N(C(=O)OCCc3ccccc3)O[C@H](CCC(N)=O)C(=O)N2[C@@H](Cc2ccccc2)C1=O. The van der Waals surface area contributed by atoms with Crippen molar-refractivity contribution in [3.63, 3.8) is 0 Å². The van der Waals surface area contributed by atoms with Gasteiger partial charge < -0.3 is 25.6 Å². The molecule has 1 unspecified atom stereocenters. The van der Waals surface area contributed by atoms with Gasteiger partial charge in [-0.15, -0.1) is 0 Å². The van der Waals surface area contributed by atoms with Gasteiger partial charge in [0, 0.05) is 32.2 Å². The van der Waals surface area contributed by atoms with Crippen molar-refractivity contribution >= 4 is 29.7 Å². The topological polar surface area (TPSA) is 152 Å². The molecular formula is C39H47N5O7. The number of benzene rings is 3. The Bertz CT molecular complexity index is 1640. The third-order valence-corrected chi connectivity index (χ3v) is 9.16. The number of piperazine rings is 1. The third-order valence-electron chi connectivity index (χ3n) is 9.16. The van der Waals surface area contributed by atoms with E-state index in [1.165, 1.54) is 9.80 Å². The van der Waals surface area contributed by atoms with E-state index in [4.69, 9.17) is 15.3 Å². The lowest BCUT2D eigenvalue weighted by atomic mass is 9.95. The maximum absolute atomic E-state index is 14.7. The largest absolute Gasteiger partial charge is 0.447 e. The Morgan fingerprint density at radius 3 is 2.10 bits per heavy atom. The Hall–Kier alpha value is -5.23. The van der Waals surface area contributed by atoms with Gasteiger partial charge in [-0.05, 0) is 35.4 Å². The number of nitrogens with zero attached hydrogens (tertiary/aromatic N) is 3. The minimum Gasteiger partial charge on any atom is -0.447 e. The number of carbonyl (C=O) groups is 5. The maximum atomic E-state index is 14.7. The Balaban J connectivity index is 1.51. The van der Waals surface area contributed by atoms with Crippen LogP contribution in [0.25, 0.3) is 0 Å². The van der Waals surface area contributed by atoms with Gasteiger partial charge in [0.05, 0.1) is 13.2 Å². The second-order valence-electron chi connectivity index (χ2n) is 13.4. The van der Waals surface area contributed by atoms with E-state index in [1.54, 1.807) is 0 Å². The molecule has 0 bridgehead atoms. The van der Waals surface area contributed by atoms with Gasteiger partial charge in [0.25, 0.3) is 5.91 Å². The quantitative estimate of drug-likeness (QED) is 0.246. The van der Waals surface area contributed by atoms with Crippen LogP contribution >= 0.6 is 0 Å². The first-order valence-corrected chi connectivity index (χ1v) is 17.6. The van der Waals surface area contributed by atoms with Crippen LogP contribution in [0.3, 0.4) is 0 Å². The fourth-order valence-corrected chi connectivity index (χ4v) is 6.44. The van der Waals surface area contributed by atoms with E-state index in [2.05, 4.69) is 19.2 Å². The lowest BCUT2D eigenvalue weighted by Gasteiger charge is -2.53. The molecule has 4 atom stereocenters. The van der Waals surface area contributed by atoms with E-state index in [1.807, 2.05) is 91.0 Å². The van der Waals surface area contributed by atoms with Gasteiger partial charge in [0.15, 0.2) is 12.3 Å². The molecule has 12 heteroatoms. The molecule has 0 aromatic heterocycles. The number of hydrogen-bond acceptors (Lipinski definition) is 7. The van der Waals surface area contributed by atoms with E-state index in [0.29, 0.717) is 18.9 Å². The monoisotopic (exact) mass is 697 g/mol. The first-order valence-electron chi connectivity index (χ1n) is 17.6. The highest BCUT2D eigenvalue weighted by molar-refractivity contribution is 5.95. The van der Waals surface area contributed by atoms with Crippen molar-refractivity contribution in [3.8, 4) is 0 Å². The molecule has 270 valence electrons. The molecular weight excluding hydrogens is 650 g/mol. The van der Waals surface area contributed by atoms with E-state index in [-0.39, 0.29) is 44.7 Å². The fraction of sp³-hybridized carbons (Fsp3) is 0.410. The van der Waals surface area contributed by atoms with Gasteiger partial charge >= 0.3 is 6.09 Å². The molecule has 5 rings (SSSR count). The number of primary amides is 1. The highest BCUT2D eigenvalue weighted by Crippen LogP contribution is 2.32. The molecule has 3 N–H and O–H groups in total. The van der Waals surface area contributed by atoms with Crippen LogP contribution in [-0.4, -0.2) is 88.6 Å². The smallest absolute Gasteiger partial charge is 0.436 e. The van der Waals surface area contributed by atoms with Crippen molar-refractivity contribution in [2.75, 3.05) is 19.7 Å². The number of amides is 5. The van der Waals surface area contributed by atoms with Crippen LogP contribution in [0.4, 0.5) is 4.79 Å². The van der Waals surface area contributed by atoms with Crippen LogP contribution < -0.4 is 11.1 Å². The first kappa shape index (κ1) is 37.0. The molecule has 2 aliphatic rings. The van der Waals surface area contributed by atoms with E-state index in [0.717, 1.165) is 28.2 Å². The summed E-state index contributed by atoms with van der Waals surface area (Å²) in [6.07, 6.45) is -2.01. The number of nitrogens with two attached hydrogens (primary N) is 1. The standard InChI is InChI=1S/C39H47N5O7/c1-27(2)20-22-41-36(46)31(24-29-14-8-4-9-15-29)42-26-35-43(32(37(42)47)25-30-16-10-5-11-17-30)38(48)33(18-19-34(40)45)51-44(35)39(49)50-23-21-28-12-6-3-7-13-28/h3-17,27,31-33,35H,18-26H2,1-2H3,(H2,40,45)(H,41,46)/t31-,32-,33+,35?/m0/s1. The van der Waals surface area contributed by atoms with Gasteiger partial charge in [-0.3, -0.25) is 24.0 Å². The van der Waals surface area contributed by atoms with Gasteiger partial charge in [-0.2, -0.15) is 5.06 Å². The number of hydrogen-bond donors (Lipinski definition) is 2. The zero-order chi connectivity index (χ0) is 36.3. The van der Waals surface area contributed by atoms with Crippen molar-refractivity contribution < 1.29 is 33.5 Å². The molecule has 0 saturated carbocycles. The third kappa shape index (κ3) is 9.72. The number of nitrogens with one attached hydrogen (secondary N) is 1. The average molecular weight is 698 g/mol. The van der Waals surface area contributed by atoms with Crippen LogP contribution in [-0.2, 0) is 48.0 Å². The molecule has 0 aliphatic carbocycles. The normalized spacial score (nSPS) is 19.4. The van der Waals surface area contributed by atoms with Crippen LogP contribution in [0.2, 0.25) is 0 Å². The zero-order valence-electron chi connectivity index (χ0n) is 29.2. The van der Waals surface area contributed by atoms with Crippen molar-refractivity contribution in [2.45, 2.75) is 76.7 Å². The molecule has 51 heavy (non-hydrogen) atoms. The van der Waals surface area contributed by atoms with Gasteiger partial charge in [-0.1, -0.05) is 105 Å². The molecule has 12 nitrogen and oxygen atoms in total. The van der Waals surface area contributed by atoms with E-state index in [9.17, 15) is 24.0 Å². The summed E-state index contributed by atoms with van der Waals surface area (Å²) in [4.78, 5) is 77.4. The summed E-state index contributed by atoms with van der Waals surface area (Å²) in [5.74, 6) is -1.60. The zero-order valence-corrected chi connectivity index (χ0v) is 29.2. The van der Waals surface area contributed by atoms with Crippen LogP contribution in [0.15, 0.2) is 91.0 Å². The lowest BCUT2D eigenvalue weighted by Crippen LogP contribution is -2.75. The minimum atomic E-state index is -1.27. The molecule has 2 fully saturated rings. The average Bonchev–Trinajstić information content (AvgIpc) is 3.12. The molecule has 0 radical (unpaired) electrons. The summed E-state index contributed by atoms with van der Waals surface area (Å²) in [5.41, 5.74) is 8.01. The Morgan fingerprint density at radius 1 is 0.882 bits per heavy atom. The Morgan fingerprint density at radius 2 is 1.49 bits per heavy atom. The van der Waals surface area contributed by atoms with Crippen LogP contribution in [0.1, 0.15) is 49.8 Å². The van der Waals surface area contributed by atoms with Crippen LogP contribution in [0.5, 0.6) is 0 Å². The molecule has 3 aromatic carbocycles. The minimum absolute atomic E-state index is 0.0281. The molecule has 0 spiro atoms. The first-order chi connectivity index (χ1) is 24.6. The second-order valence-corrected chi connectivity index (χ2v) is 13.4. The second kappa shape index (κ2) is 17.6. The van der Waals surface area contributed by atoms with Crippen LogP contribution in [0, 0.1) is 5.92 Å². The predicted molar refractivity (Wildman–Crippen MR) is 189 cm³/mol. The summed E-state index contributed by atoms with van der Waals surface area (Å²) >= 11 is 0.